The van der Waals surface area contributed by atoms with E-state index >= 15 is 0 Å². The number of piperidine rings is 1. The normalized spacial score (nSPS) is 17.1. The molecule has 0 aromatic carbocycles. The summed E-state index contributed by atoms with van der Waals surface area (Å²) >= 11 is 0. The number of nitrogens with zero attached hydrogens (tertiary/aromatic N) is 3. The topological polar surface area (TPSA) is 84.4 Å². The quantitative estimate of drug-likeness (QED) is 0.812. The molecule has 1 fully saturated rings. The summed E-state index contributed by atoms with van der Waals surface area (Å²) in [6.45, 7) is 4.13. The molecule has 2 rings (SSSR count). The van der Waals surface area contributed by atoms with Gasteiger partial charge in [0.2, 0.25) is 0 Å². The molecule has 0 radical (unpaired) electrons. The van der Waals surface area contributed by atoms with Crippen molar-refractivity contribution in [1.29, 1.82) is 0 Å². The predicted octanol–water partition coefficient (Wildman–Crippen LogP) is 0.330. The van der Waals surface area contributed by atoms with Gasteiger partial charge in [-0.1, -0.05) is 0 Å². The number of likely N-dealkylation sites (tertiary alicyclic amines) is 1. The number of nitrogen functional groups attached to an aromatic ring is 1. The van der Waals surface area contributed by atoms with Gasteiger partial charge in [0, 0.05) is 26.2 Å². The molecule has 2 heterocycles. The number of amides is 1. The Labute approximate surface area is 106 Å². The van der Waals surface area contributed by atoms with Gasteiger partial charge in [-0.2, -0.15) is 5.10 Å². The van der Waals surface area contributed by atoms with Crippen molar-refractivity contribution < 1.29 is 9.90 Å². The van der Waals surface area contributed by atoms with E-state index in [1.807, 2.05) is 6.92 Å². The molecule has 6 nitrogen and oxygen atoms in total. The smallest absolute Gasteiger partial charge is 0.274 e. The first-order valence-electron chi connectivity index (χ1n) is 6.38. The van der Waals surface area contributed by atoms with Crippen molar-refractivity contribution in [2.75, 3.05) is 25.4 Å². The molecule has 1 aromatic rings. The third-order valence-electron chi connectivity index (χ3n) is 3.53. The van der Waals surface area contributed by atoms with Gasteiger partial charge in [-0.05, 0) is 25.7 Å². The molecule has 1 aliphatic heterocycles. The van der Waals surface area contributed by atoms with Gasteiger partial charge in [-0.25, -0.2) is 0 Å². The number of hydrogen-bond acceptors (Lipinski definition) is 4. The summed E-state index contributed by atoms with van der Waals surface area (Å²) in [6, 6.07) is 0. The number of aliphatic hydroxyl groups is 1. The van der Waals surface area contributed by atoms with Crippen molar-refractivity contribution >= 4 is 11.6 Å². The third kappa shape index (κ3) is 2.33. The van der Waals surface area contributed by atoms with Crippen LogP contribution in [-0.4, -0.2) is 45.4 Å². The average molecular weight is 252 g/mol. The summed E-state index contributed by atoms with van der Waals surface area (Å²) in [5.74, 6) is 0.269. The fraction of sp³-hybridized carbons (Fsp3) is 0.667. The lowest BCUT2D eigenvalue weighted by atomic mass is 9.98. The Morgan fingerprint density at radius 3 is 2.78 bits per heavy atom. The van der Waals surface area contributed by atoms with Gasteiger partial charge in [0.15, 0.2) is 0 Å². The molecule has 3 N–H and O–H groups in total. The third-order valence-corrected chi connectivity index (χ3v) is 3.53. The second kappa shape index (κ2) is 5.39. The van der Waals surface area contributed by atoms with Crippen LogP contribution in [-0.2, 0) is 6.54 Å². The molecule has 1 amide bonds. The number of anilines is 1. The van der Waals surface area contributed by atoms with Crippen molar-refractivity contribution in [3.63, 3.8) is 0 Å². The molecule has 1 aliphatic rings. The molecular formula is C12H20N4O2. The molecule has 100 valence electrons. The van der Waals surface area contributed by atoms with E-state index in [1.165, 1.54) is 6.20 Å². The number of carbonyl (C=O) groups excluding carboxylic acids is 1. The Hall–Kier alpha value is -1.56. The van der Waals surface area contributed by atoms with Gasteiger partial charge in [-0.15, -0.1) is 0 Å². The van der Waals surface area contributed by atoms with Crippen LogP contribution >= 0.6 is 0 Å². The van der Waals surface area contributed by atoms with E-state index in [-0.39, 0.29) is 12.5 Å². The Bertz CT molecular complexity index is 422. The molecule has 1 aromatic heterocycles. The maximum Gasteiger partial charge on any atom is 0.274 e. The van der Waals surface area contributed by atoms with E-state index in [0.717, 1.165) is 12.8 Å². The van der Waals surface area contributed by atoms with Gasteiger partial charge in [0.1, 0.15) is 5.69 Å². The fourth-order valence-electron chi connectivity index (χ4n) is 2.34. The molecule has 18 heavy (non-hydrogen) atoms. The van der Waals surface area contributed by atoms with Gasteiger partial charge in [0.05, 0.1) is 11.9 Å². The predicted molar refractivity (Wildman–Crippen MR) is 68.0 cm³/mol. The molecule has 0 atom stereocenters. The van der Waals surface area contributed by atoms with Crippen LogP contribution in [0.4, 0.5) is 5.69 Å². The highest BCUT2D eigenvalue weighted by Gasteiger charge is 2.26. The van der Waals surface area contributed by atoms with Crippen LogP contribution in [0.5, 0.6) is 0 Å². The molecule has 0 unspecified atom stereocenters. The lowest BCUT2D eigenvalue weighted by Crippen LogP contribution is -2.40. The maximum atomic E-state index is 12.4. The highest BCUT2D eigenvalue weighted by Crippen LogP contribution is 2.20. The first kappa shape index (κ1) is 12.9. The molecule has 0 bridgehead atoms. The van der Waals surface area contributed by atoms with E-state index in [9.17, 15) is 4.79 Å². The zero-order chi connectivity index (χ0) is 13.1. The number of aryl methyl sites for hydroxylation is 1. The summed E-state index contributed by atoms with van der Waals surface area (Å²) in [7, 11) is 0. The monoisotopic (exact) mass is 252 g/mol. The fourth-order valence-corrected chi connectivity index (χ4v) is 2.34. The minimum Gasteiger partial charge on any atom is -0.396 e. The molecule has 1 saturated heterocycles. The second-order valence-corrected chi connectivity index (χ2v) is 4.68. The Kier molecular flexibility index (Phi) is 3.86. The number of rotatable bonds is 3. The molecule has 0 spiro atoms. The van der Waals surface area contributed by atoms with E-state index < -0.39 is 0 Å². The molecule has 0 aliphatic carbocycles. The minimum atomic E-state index is -0.0526. The first-order chi connectivity index (χ1) is 8.67. The van der Waals surface area contributed by atoms with E-state index in [4.69, 9.17) is 10.8 Å². The first-order valence-corrected chi connectivity index (χ1v) is 6.38. The van der Waals surface area contributed by atoms with E-state index in [2.05, 4.69) is 5.10 Å². The highest BCUT2D eigenvalue weighted by molar-refractivity contribution is 5.97. The van der Waals surface area contributed by atoms with Crippen molar-refractivity contribution in [2.24, 2.45) is 5.92 Å². The van der Waals surface area contributed by atoms with Crippen molar-refractivity contribution in [3.8, 4) is 0 Å². The molecular weight excluding hydrogens is 232 g/mol. The number of hydrogen-bond donors (Lipinski definition) is 2. The lowest BCUT2D eigenvalue weighted by Gasteiger charge is -2.31. The number of aliphatic hydroxyl groups excluding tert-OH is 1. The number of carbonyl (C=O) groups is 1. The van der Waals surface area contributed by atoms with Gasteiger partial charge in [0.25, 0.3) is 5.91 Å². The summed E-state index contributed by atoms with van der Waals surface area (Å²) in [5, 5.41) is 13.2. The zero-order valence-corrected chi connectivity index (χ0v) is 10.7. The van der Waals surface area contributed by atoms with Crippen molar-refractivity contribution in [1.82, 2.24) is 14.7 Å². The zero-order valence-electron chi connectivity index (χ0n) is 10.7. The summed E-state index contributed by atoms with van der Waals surface area (Å²) in [6.07, 6.45) is 3.22. The summed E-state index contributed by atoms with van der Waals surface area (Å²) < 4.78 is 1.63. The second-order valence-electron chi connectivity index (χ2n) is 4.68. The average Bonchev–Trinajstić information content (AvgIpc) is 2.79. The van der Waals surface area contributed by atoms with Crippen molar-refractivity contribution in [3.05, 3.63) is 11.9 Å². The SMILES string of the molecule is CCn1ncc(N)c1C(=O)N1CCC(CO)CC1. The summed E-state index contributed by atoms with van der Waals surface area (Å²) in [4.78, 5) is 14.2. The van der Waals surface area contributed by atoms with Crippen LogP contribution in [0.2, 0.25) is 0 Å². The van der Waals surface area contributed by atoms with Crippen LogP contribution in [0.15, 0.2) is 6.20 Å². The lowest BCUT2D eigenvalue weighted by molar-refractivity contribution is 0.0640. The Morgan fingerprint density at radius 1 is 1.56 bits per heavy atom. The van der Waals surface area contributed by atoms with Gasteiger partial charge < -0.3 is 15.7 Å². The molecule has 6 heteroatoms. The van der Waals surface area contributed by atoms with Crippen LogP contribution in [0, 0.1) is 5.92 Å². The number of nitrogens with two attached hydrogens (primary N) is 1. The minimum absolute atomic E-state index is 0.0526. The highest BCUT2D eigenvalue weighted by atomic mass is 16.3. The Morgan fingerprint density at radius 2 is 2.22 bits per heavy atom. The van der Waals surface area contributed by atoms with Gasteiger partial charge in [-0.3, -0.25) is 9.48 Å². The molecule has 0 saturated carbocycles. The van der Waals surface area contributed by atoms with Crippen molar-refractivity contribution in [2.45, 2.75) is 26.3 Å². The maximum absolute atomic E-state index is 12.4. The summed E-state index contributed by atoms with van der Waals surface area (Å²) in [5.41, 5.74) is 6.73. The standard InChI is InChI=1S/C12H20N4O2/c1-2-16-11(10(13)7-14-16)12(18)15-5-3-9(8-17)4-6-15/h7,9,17H,2-6,8,13H2,1H3. The van der Waals surface area contributed by atoms with E-state index in [0.29, 0.717) is 36.9 Å². The van der Waals surface area contributed by atoms with Crippen LogP contribution in [0.3, 0.4) is 0 Å². The number of aromatic nitrogens is 2. The Balaban J connectivity index is 2.10. The van der Waals surface area contributed by atoms with Crippen LogP contribution < -0.4 is 5.73 Å². The van der Waals surface area contributed by atoms with E-state index in [1.54, 1.807) is 9.58 Å². The van der Waals surface area contributed by atoms with Crippen LogP contribution in [0.25, 0.3) is 0 Å². The largest absolute Gasteiger partial charge is 0.396 e. The van der Waals surface area contributed by atoms with Gasteiger partial charge >= 0.3 is 0 Å². The van der Waals surface area contributed by atoms with Crippen LogP contribution in [0.1, 0.15) is 30.3 Å².